The van der Waals surface area contributed by atoms with Crippen LogP contribution < -0.4 is 5.73 Å². The van der Waals surface area contributed by atoms with Gasteiger partial charge in [0, 0.05) is 44.0 Å². The monoisotopic (exact) mass is 267 g/mol. The number of nitrogens with zero attached hydrogens (tertiary/aromatic N) is 2. The van der Waals surface area contributed by atoms with E-state index in [1.807, 2.05) is 12.4 Å². The minimum absolute atomic E-state index is 0.254. The smallest absolute Gasteiger partial charge is 0.0270 e. The molecule has 20 heavy (non-hydrogen) atoms. The van der Waals surface area contributed by atoms with Crippen LogP contribution in [0.4, 0.5) is 0 Å². The Balaban J connectivity index is 1.70. The summed E-state index contributed by atoms with van der Waals surface area (Å²) in [6.07, 6.45) is 4.77. The van der Waals surface area contributed by atoms with E-state index in [2.05, 4.69) is 52.3 Å². The number of nitrogens with two attached hydrogens (primary N) is 1. The first-order chi connectivity index (χ1) is 9.83. The third-order valence-electron chi connectivity index (χ3n) is 4.13. The van der Waals surface area contributed by atoms with Gasteiger partial charge in [-0.3, -0.25) is 9.88 Å². The number of pyridine rings is 1. The number of aromatic nitrogens is 1. The van der Waals surface area contributed by atoms with Crippen LogP contribution in [0.2, 0.25) is 0 Å². The van der Waals surface area contributed by atoms with Crippen LogP contribution in [-0.4, -0.2) is 29.0 Å². The van der Waals surface area contributed by atoms with Crippen molar-refractivity contribution in [3.05, 3.63) is 66.0 Å². The maximum absolute atomic E-state index is 6.32. The fourth-order valence-corrected chi connectivity index (χ4v) is 2.99. The molecule has 0 aliphatic carbocycles. The van der Waals surface area contributed by atoms with Gasteiger partial charge in [-0.25, -0.2) is 0 Å². The average molecular weight is 267 g/mol. The van der Waals surface area contributed by atoms with E-state index in [-0.39, 0.29) is 6.04 Å². The van der Waals surface area contributed by atoms with E-state index in [0.717, 1.165) is 26.1 Å². The molecule has 3 rings (SSSR count). The summed E-state index contributed by atoms with van der Waals surface area (Å²) in [5.41, 5.74) is 9.00. The van der Waals surface area contributed by atoms with Gasteiger partial charge in [0.2, 0.25) is 0 Å². The molecule has 1 aromatic heterocycles. The Morgan fingerprint density at radius 1 is 1.10 bits per heavy atom. The molecule has 2 unspecified atom stereocenters. The lowest BCUT2D eigenvalue weighted by Gasteiger charge is -2.37. The Kier molecular flexibility index (Phi) is 4.09. The van der Waals surface area contributed by atoms with Gasteiger partial charge in [-0.1, -0.05) is 30.3 Å². The standard InChI is InChI=1S/C17H21N3/c18-17-8-11-20(12-14-4-2-1-3-5-14)13-16(17)15-6-9-19-10-7-15/h1-7,9-10,16-17H,8,11-13,18H2. The lowest BCUT2D eigenvalue weighted by atomic mass is 9.87. The molecule has 1 fully saturated rings. The molecule has 1 aromatic carbocycles. The first-order valence-corrected chi connectivity index (χ1v) is 7.25. The van der Waals surface area contributed by atoms with Gasteiger partial charge in [0.15, 0.2) is 0 Å². The molecule has 0 radical (unpaired) electrons. The van der Waals surface area contributed by atoms with E-state index < -0.39 is 0 Å². The number of rotatable bonds is 3. The van der Waals surface area contributed by atoms with Crippen molar-refractivity contribution in [3.8, 4) is 0 Å². The van der Waals surface area contributed by atoms with E-state index in [1.54, 1.807) is 0 Å². The quantitative estimate of drug-likeness (QED) is 0.928. The first kappa shape index (κ1) is 13.3. The fourth-order valence-electron chi connectivity index (χ4n) is 2.99. The molecule has 2 N–H and O–H groups in total. The van der Waals surface area contributed by atoms with Crippen LogP contribution in [0.1, 0.15) is 23.5 Å². The van der Waals surface area contributed by atoms with Gasteiger partial charge >= 0.3 is 0 Å². The molecule has 1 aliphatic heterocycles. The fraction of sp³-hybridized carbons (Fsp3) is 0.353. The Morgan fingerprint density at radius 3 is 2.60 bits per heavy atom. The van der Waals surface area contributed by atoms with E-state index in [9.17, 15) is 0 Å². The molecule has 2 aromatic rings. The van der Waals surface area contributed by atoms with Crippen molar-refractivity contribution in [2.75, 3.05) is 13.1 Å². The minimum atomic E-state index is 0.254. The van der Waals surface area contributed by atoms with Crippen molar-refractivity contribution in [2.24, 2.45) is 5.73 Å². The lowest BCUT2D eigenvalue weighted by molar-refractivity contribution is 0.183. The zero-order chi connectivity index (χ0) is 13.8. The normalized spacial score (nSPS) is 23.6. The summed E-state index contributed by atoms with van der Waals surface area (Å²) in [5.74, 6) is 0.412. The van der Waals surface area contributed by atoms with E-state index in [1.165, 1.54) is 11.1 Å². The summed E-state index contributed by atoms with van der Waals surface area (Å²) < 4.78 is 0. The largest absolute Gasteiger partial charge is 0.327 e. The Bertz CT molecular complexity index is 526. The first-order valence-electron chi connectivity index (χ1n) is 7.25. The molecule has 2 heterocycles. The van der Waals surface area contributed by atoms with Crippen molar-refractivity contribution >= 4 is 0 Å². The second-order valence-electron chi connectivity index (χ2n) is 5.56. The Labute approximate surface area is 120 Å². The molecule has 1 aliphatic rings. The number of hydrogen-bond acceptors (Lipinski definition) is 3. The summed E-state index contributed by atoms with van der Waals surface area (Å²) in [4.78, 5) is 6.60. The Hall–Kier alpha value is -1.71. The van der Waals surface area contributed by atoms with Crippen LogP contribution in [0.25, 0.3) is 0 Å². The van der Waals surface area contributed by atoms with Gasteiger partial charge in [0.1, 0.15) is 0 Å². The maximum Gasteiger partial charge on any atom is 0.0270 e. The van der Waals surface area contributed by atoms with Crippen molar-refractivity contribution in [2.45, 2.75) is 24.9 Å². The molecule has 0 saturated carbocycles. The van der Waals surface area contributed by atoms with Crippen LogP contribution in [0.5, 0.6) is 0 Å². The zero-order valence-electron chi connectivity index (χ0n) is 11.7. The highest BCUT2D eigenvalue weighted by Gasteiger charge is 2.27. The van der Waals surface area contributed by atoms with Crippen molar-refractivity contribution in [3.63, 3.8) is 0 Å². The lowest BCUT2D eigenvalue weighted by Crippen LogP contribution is -2.45. The number of hydrogen-bond donors (Lipinski definition) is 1. The van der Waals surface area contributed by atoms with Crippen LogP contribution in [-0.2, 0) is 6.54 Å². The molecule has 0 spiro atoms. The van der Waals surface area contributed by atoms with Gasteiger partial charge in [-0.15, -0.1) is 0 Å². The summed E-state index contributed by atoms with van der Waals surface area (Å²) in [7, 11) is 0. The molecule has 3 nitrogen and oxygen atoms in total. The summed E-state index contributed by atoms with van der Waals surface area (Å²) in [6, 6.07) is 15.1. The number of benzene rings is 1. The van der Waals surface area contributed by atoms with E-state index in [4.69, 9.17) is 5.73 Å². The second kappa shape index (κ2) is 6.16. The molecule has 0 bridgehead atoms. The molecular weight excluding hydrogens is 246 g/mol. The molecule has 3 heteroatoms. The van der Waals surface area contributed by atoms with Crippen molar-refractivity contribution < 1.29 is 0 Å². The average Bonchev–Trinajstić information content (AvgIpc) is 2.51. The van der Waals surface area contributed by atoms with Crippen molar-refractivity contribution in [1.29, 1.82) is 0 Å². The highest BCUT2D eigenvalue weighted by Crippen LogP contribution is 2.26. The summed E-state index contributed by atoms with van der Waals surface area (Å²) >= 11 is 0. The highest BCUT2D eigenvalue weighted by atomic mass is 15.1. The third-order valence-corrected chi connectivity index (χ3v) is 4.13. The molecular formula is C17H21N3. The van der Waals surface area contributed by atoms with Gasteiger partial charge in [0.25, 0.3) is 0 Å². The van der Waals surface area contributed by atoms with Crippen LogP contribution in [0.3, 0.4) is 0 Å². The molecule has 1 saturated heterocycles. The minimum Gasteiger partial charge on any atom is -0.327 e. The summed E-state index contributed by atoms with van der Waals surface area (Å²) in [5, 5.41) is 0. The van der Waals surface area contributed by atoms with Crippen LogP contribution in [0, 0.1) is 0 Å². The van der Waals surface area contributed by atoms with Crippen molar-refractivity contribution in [1.82, 2.24) is 9.88 Å². The number of piperidine rings is 1. The van der Waals surface area contributed by atoms with E-state index >= 15 is 0 Å². The predicted octanol–water partition coefficient (Wildman–Crippen LogP) is 2.40. The van der Waals surface area contributed by atoms with Gasteiger partial charge < -0.3 is 5.73 Å². The van der Waals surface area contributed by atoms with Gasteiger partial charge in [0.05, 0.1) is 0 Å². The topological polar surface area (TPSA) is 42.1 Å². The third kappa shape index (κ3) is 3.06. The molecule has 2 atom stereocenters. The zero-order valence-corrected chi connectivity index (χ0v) is 11.7. The predicted molar refractivity (Wildman–Crippen MR) is 81.3 cm³/mol. The second-order valence-corrected chi connectivity index (χ2v) is 5.56. The SMILES string of the molecule is NC1CCN(Cc2ccccc2)CC1c1ccncc1. The van der Waals surface area contributed by atoms with E-state index in [0.29, 0.717) is 5.92 Å². The Morgan fingerprint density at radius 2 is 1.85 bits per heavy atom. The van der Waals surface area contributed by atoms with Gasteiger partial charge in [-0.05, 0) is 29.7 Å². The van der Waals surface area contributed by atoms with Gasteiger partial charge in [-0.2, -0.15) is 0 Å². The van der Waals surface area contributed by atoms with Crippen LogP contribution in [0.15, 0.2) is 54.9 Å². The highest BCUT2D eigenvalue weighted by molar-refractivity contribution is 5.20. The number of likely N-dealkylation sites (tertiary alicyclic amines) is 1. The summed E-state index contributed by atoms with van der Waals surface area (Å²) in [6.45, 7) is 3.12. The molecule has 0 amide bonds. The molecule has 104 valence electrons. The maximum atomic E-state index is 6.32. The van der Waals surface area contributed by atoms with Crippen LogP contribution >= 0.6 is 0 Å².